The molecule has 0 fully saturated rings. The summed E-state index contributed by atoms with van der Waals surface area (Å²) in [6.45, 7) is 2.96. The van der Waals surface area contributed by atoms with Crippen LogP contribution in [0.5, 0.6) is 0 Å². The number of nitrogens with one attached hydrogen (secondary N) is 1. The highest BCUT2D eigenvalue weighted by atomic mass is 35.5. The lowest BCUT2D eigenvalue weighted by Gasteiger charge is -2.17. The third kappa shape index (κ3) is 2.69. The summed E-state index contributed by atoms with van der Waals surface area (Å²) >= 11 is 6.13. The fourth-order valence-electron chi connectivity index (χ4n) is 1.93. The summed E-state index contributed by atoms with van der Waals surface area (Å²) in [6.07, 6.45) is 7.75. The number of hydrogen-bond donors (Lipinski definition) is 2. The van der Waals surface area contributed by atoms with Crippen LogP contribution in [0.3, 0.4) is 0 Å². The summed E-state index contributed by atoms with van der Waals surface area (Å²) < 4.78 is 2.08. The van der Waals surface area contributed by atoms with Crippen molar-refractivity contribution < 1.29 is 0 Å². The number of nitrogens with zero attached hydrogens (tertiary/aromatic N) is 3. The van der Waals surface area contributed by atoms with Crippen LogP contribution in [-0.2, 0) is 13.0 Å². The van der Waals surface area contributed by atoms with Gasteiger partial charge in [-0.15, -0.1) is 0 Å². The van der Waals surface area contributed by atoms with E-state index in [0.717, 1.165) is 17.9 Å². The summed E-state index contributed by atoms with van der Waals surface area (Å²) in [7, 11) is 0. The number of halogens is 1. The average molecular weight is 266 g/mol. The van der Waals surface area contributed by atoms with Crippen molar-refractivity contribution in [1.29, 1.82) is 0 Å². The van der Waals surface area contributed by atoms with E-state index >= 15 is 0 Å². The molecule has 0 aliphatic heterocycles. The smallest absolute Gasteiger partial charge is 0.110 e. The van der Waals surface area contributed by atoms with Crippen LogP contribution in [0.15, 0.2) is 30.9 Å². The summed E-state index contributed by atoms with van der Waals surface area (Å²) in [5.41, 5.74) is 3.71. The molecular formula is C12H16ClN5. The molecule has 0 saturated heterocycles. The quantitative estimate of drug-likeness (QED) is 0.638. The fourth-order valence-corrected chi connectivity index (χ4v) is 2.18. The van der Waals surface area contributed by atoms with E-state index in [1.165, 1.54) is 0 Å². The minimum Gasteiger partial charge on any atom is -0.335 e. The Morgan fingerprint density at radius 2 is 2.33 bits per heavy atom. The largest absolute Gasteiger partial charge is 0.335 e. The van der Waals surface area contributed by atoms with Crippen molar-refractivity contribution in [2.45, 2.75) is 25.9 Å². The number of hydrazine groups is 1. The van der Waals surface area contributed by atoms with Gasteiger partial charge in [0.25, 0.3) is 0 Å². The first-order valence-electron chi connectivity index (χ1n) is 5.81. The molecule has 1 unspecified atom stereocenters. The van der Waals surface area contributed by atoms with E-state index in [2.05, 4.69) is 26.9 Å². The lowest BCUT2D eigenvalue weighted by atomic mass is 10.1. The Bertz CT molecular complexity index is 511. The van der Waals surface area contributed by atoms with Crippen molar-refractivity contribution in [1.82, 2.24) is 20.0 Å². The fraction of sp³-hybridized carbons (Fsp3) is 0.333. The molecule has 2 aromatic heterocycles. The van der Waals surface area contributed by atoms with Crippen molar-refractivity contribution in [3.05, 3.63) is 47.3 Å². The molecular weight excluding hydrogens is 250 g/mol. The van der Waals surface area contributed by atoms with Crippen molar-refractivity contribution in [2.75, 3.05) is 0 Å². The van der Waals surface area contributed by atoms with Gasteiger partial charge in [0, 0.05) is 37.8 Å². The van der Waals surface area contributed by atoms with Gasteiger partial charge in [0.1, 0.15) is 5.82 Å². The van der Waals surface area contributed by atoms with Crippen LogP contribution in [0.25, 0.3) is 0 Å². The molecule has 96 valence electrons. The van der Waals surface area contributed by atoms with Crippen molar-refractivity contribution in [3.63, 3.8) is 0 Å². The number of imidazole rings is 1. The first-order chi connectivity index (χ1) is 8.76. The number of aromatic nitrogens is 3. The van der Waals surface area contributed by atoms with Crippen LogP contribution in [-0.4, -0.2) is 14.5 Å². The summed E-state index contributed by atoms with van der Waals surface area (Å²) in [6, 6.07) is 1.79. The highest BCUT2D eigenvalue weighted by Gasteiger charge is 2.16. The molecule has 1 atom stereocenters. The molecule has 6 heteroatoms. The predicted octanol–water partition coefficient (Wildman–Crippen LogP) is 1.70. The average Bonchev–Trinajstić information content (AvgIpc) is 2.84. The van der Waals surface area contributed by atoms with Gasteiger partial charge in [-0.05, 0) is 18.6 Å². The Morgan fingerprint density at radius 3 is 3.00 bits per heavy atom. The van der Waals surface area contributed by atoms with Gasteiger partial charge in [0.2, 0.25) is 0 Å². The van der Waals surface area contributed by atoms with E-state index in [1.54, 1.807) is 18.6 Å². The summed E-state index contributed by atoms with van der Waals surface area (Å²) in [5, 5.41) is 0.607. The minimum atomic E-state index is -0.0757. The van der Waals surface area contributed by atoms with E-state index in [0.29, 0.717) is 11.4 Å². The summed E-state index contributed by atoms with van der Waals surface area (Å²) in [5.74, 6) is 6.60. The van der Waals surface area contributed by atoms with E-state index < -0.39 is 0 Å². The zero-order valence-corrected chi connectivity index (χ0v) is 10.9. The van der Waals surface area contributed by atoms with Gasteiger partial charge in [-0.2, -0.15) is 0 Å². The molecule has 0 aromatic carbocycles. The lowest BCUT2D eigenvalue weighted by molar-refractivity contribution is 0.523. The molecule has 2 aromatic rings. The van der Waals surface area contributed by atoms with Crippen LogP contribution in [0, 0.1) is 0 Å². The zero-order valence-electron chi connectivity index (χ0n) is 10.2. The number of aryl methyl sites for hydroxylation is 1. The maximum absolute atomic E-state index is 6.13. The van der Waals surface area contributed by atoms with Gasteiger partial charge in [0.15, 0.2) is 0 Å². The number of rotatable bonds is 5. The molecule has 3 N–H and O–H groups in total. The Balaban J connectivity index is 2.23. The second-order valence-electron chi connectivity index (χ2n) is 3.95. The maximum atomic E-state index is 6.13. The molecule has 18 heavy (non-hydrogen) atoms. The Morgan fingerprint density at radius 1 is 1.50 bits per heavy atom. The first-order valence-corrected chi connectivity index (χ1v) is 6.19. The summed E-state index contributed by atoms with van der Waals surface area (Å²) in [4.78, 5) is 8.31. The second kappa shape index (κ2) is 5.95. The molecule has 0 aliphatic carbocycles. The van der Waals surface area contributed by atoms with Gasteiger partial charge in [-0.1, -0.05) is 11.6 Å². The number of hydrogen-bond acceptors (Lipinski definition) is 4. The molecule has 0 saturated carbocycles. The molecule has 2 heterocycles. The molecule has 0 aliphatic rings. The molecule has 2 rings (SSSR count). The van der Waals surface area contributed by atoms with Crippen LogP contribution < -0.4 is 11.3 Å². The van der Waals surface area contributed by atoms with Gasteiger partial charge in [-0.25, -0.2) is 4.98 Å². The third-order valence-corrected chi connectivity index (χ3v) is 3.23. The zero-order chi connectivity index (χ0) is 13.0. The Kier molecular flexibility index (Phi) is 4.30. The molecule has 0 radical (unpaired) electrons. The monoisotopic (exact) mass is 265 g/mol. The molecule has 0 bridgehead atoms. The number of nitrogens with two attached hydrogens (primary N) is 1. The topological polar surface area (TPSA) is 68.8 Å². The van der Waals surface area contributed by atoms with Gasteiger partial charge < -0.3 is 4.57 Å². The first kappa shape index (κ1) is 13.0. The second-order valence-corrected chi connectivity index (χ2v) is 4.36. The molecule has 5 nitrogen and oxygen atoms in total. The SMILES string of the molecule is CCn1ccnc1CC(NN)c1ccncc1Cl. The van der Waals surface area contributed by atoms with Crippen LogP contribution >= 0.6 is 11.6 Å². The third-order valence-electron chi connectivity index (χ3n) is 2.91. The van der Waals surface area contributed by atoms with Crippen LogP contribution in [0.1, 0.15) is 24.4 Å². The van der Waals surface area contributed by atoms with Gasteiger partial charge >= 0.3 is 0 Å². The number of pyridine rings is 1. The van der Waals surface area contributed by atoms with E-state index in [9.17, 15) is 0 Å². The van der Waals surface area contributed by atoms with Crippen molar-refractivity contribution in [2.24, 2.45) is 5.84 Å². The van der Waals surface area contributed by atoms with E-state index in [4.69, 9.17) is 17.4 Å². The lowest BCUT2D eigenvalue weighted by Crippen LogP contribution is -2.30. The van der Waals surface area contributed by atoms with E-state index in [1.807, 2.05) is 12.3 Å². The highest BCUT2D eigenvalue weighted by Crippen LogP contribution is 2.23. The Hall–Kier alpha value is -1.43. The Labute approximate surface area is 111 Å². The maximum Gasteiger partial charge on any atom is 0.110 e. The molecule has 0 spiro atoms. The predicted molar refractivity (Wildman–Crippen MR) is 70.9 cm³/mol. The normalized spacial score (nSPS) is 12.6. The van der Waals surface area contributed by atoms with Gasteiger partial charge in [-0.3, -0.25) is 16.3 Å². The van der Waals surface area contributed by atoms with E-state index in [-0.39, 0.29) is 6.04 Å². The minimum absolute atomic E-state index is 0.0757. The van der Waals surface area contributed by atoms with Crippen molar-refractivity contribution in [3.8, 4) is 0 Å². The van der Waals surface area contributed by atoms with Gasteiger partial charge in [0.05, 0.1) is 11.1 Å². The van der Waals surface area contributed by atoms with Crippen molar-refractivity contribution >= 4 is 11.6 Å². The standard InChI is InChI=1S/C12H16ClN5/c1-2-18-6-5-16-12(18)7-11(17-14)9-3-4-15-8-10(9)13/h3-6,8,11,17H,2,7,14H2,1H3. The molecule has 0 amide bonds. The highest BCUT2D eigenvalue weighted by molar-refractivity contribution is 6.31. The van der Waals surface area contributed by atoms with Crippen LogP contribution in [0.2, 0.25) is 5.02 Å². The van der Waals surface area contributed by atoms with Crippen LogP contribution in [0.4, 0.5) is 0 Å².